The van der Waals surface area contributed by atoms with Crippen LogP contribution in [0.2, 0.25) is 10.0 Å². The maximum Gasteiger partial charge on any atom is 0.237 e. The van der Waals surface area contributed by atoms with Crippen LogP contribution in [0.1, 0.15) is 17.8 Å². The molecule has 1 aliphatic heterocycles. The largest absolute Gasteiger partial charge is 0.392 e. The Morgan fingerprint density at radius 1 is 1.29 bits per heavy atom. The van der Waals surface area contributed by atoms with E-state index in [0.29, 0.717) is 41.9 Å². The topological polar surface area (TPSA) is 81.2 Å². The number of hydrogen-bond acceptors (Lipinski definition) is 4. The van der Waals surface area contributed by atoms with Crippen LogP contribution in [0.15, 0.2) is 42.5 Å². The van der Waals surface area contributed by atoms with Gasteiger partial charge in [-0.3, -0.25) is 9.69 Å². The number of nitrogens with zero attached hydrogens (tertiary/aromatic N) is 2. The first-order valence-corrected chi connectivity index (χ1v) is 9.82. The van der Waals surface area contributed by atoms with Crippen molar-refractivity contribution in [3.63, 3.8) is 0 Å². The van der Waals surface area contributed by atoms with Crippen molar-refractivity contribution in [1.29, 1.82) is 0 Å². The molecule has 1 aromatic heterocycles. The molecule has 2 aromatic carbocycles. The number of H-pyrrole nitrogens is 1. The summed E-state index contributed by atoms with van der Waals surface area (Å²) in [5, 5.41) is 14.1. The van der Waals surface area contributed by atoms with E-state index in [1.807, 2.05) is 35.2 Å². The molecule has 3 N–H and O–H groups in total. The molecule has 8 heteroatoms. The lowest BCUT2D eigenvalue weighted by atomic mass is 10.1. The summed E-state index contributed by atoms with van der Waals surface area (Å²) >= 11 is 12.2. The van der Waals surface area contributed by atoms with Gasteiger partial charge in [0.25, 0.3) is 0 Å². The van der Waals surface area contributed by atoms with Crippen molar-refractivity contribution >= 4 is 40.1 Å². The van der Waals surface area contributed by atoms with Gasteiger partial charge >= 0.3 is 0 Å². The van der Waals surface area contributed by atoms with Crippen LogP contribution in [0.4, 0.5) is 0 Å². The molecule has 4 rings (SSSR count). The van der Waals surface area contributed by atoms with E-state index in [1.165, 1.54) is 0 Å². The molecule has 0 aliphatic carbocycles. The Balaban J connectivity index is 1.42. The van der Waals surface area contributed by atoms with E-state index in [0.717, 1.165) is 16.6 Å². The van der Waals surface area contributed by atoms with Gasteiger partial charge in [0.2, 0.25) is 5.91 Å². The minimum absolute atomic E-state index is 0.137. The fourth-order valence-corrected chi connectivity index (χ4v) is 4.04. The number of carbonyl (C=O) groups is 1. The van der Waals surface area contributed by atoms with Crippen molar-refractivity contribution in [2.75, 3.05) is 6.54 Å². The van der Waals surface area contributed by atoms with Crippen LogP contribution >= 0.6 is 23.2 Å². The number of aromatic nitrogens is 2. The predicted octanol–water partition coefficient (Wildman–Crippen LogP) is 3.12. The highest BCUT2D eigenvalue weighted by molar-refractivity contribution is 6.35. The van der Waals surface area contributed by atoms with Crippen molar-refractivity contribution in [3.8, 4) is 0 Å². The van der Waals surface area contributed by atoms with Crippen molar-refractivity contribution in [1.82, 2.24) is 20.2 Å². The van der Waals surface area contributed by atoms with E-state index < -0.39 is 12.1 Å². The van der Waals surface area contributed by atoms with E-state index in [4.69, 9.17) is 23.2 Å². The second-order valence-corrected chi connectivity index (χ2v) is 7.83. The van der Waals surface area contributed by atoms with Gasteiger partial charge < -0.3 is 15.4 Å². The van der Waals surface area contributed by atoms with Gasteiger partial charge in [0.1, 0.15) is 5.82 Å². The average Bonchev–Trinajstić information content (AvgIpc) is 3.25. The number of rotatable bonds is 5. The zero-order valence-corrected chi connectivity index (χ0v) is 16.5. The Kier molecular flexibility index (Phi) is 5.55. The Hall–Kier alpha value is -2.12. The summed E-state index contributed by atoms with van der Waals surface area (Å²) in [5.41, 5.74) is 2.67. The lowest BCUT2D eigenvalue weighted by Crippen LogP contribution is -2.42. The molecule has 2 atom stereocenters. The molecule has 28 heavy (non-hydrogen) atoms. The molecule has 6 nitrogen and oxygen atoms in total. The van der Waals surface area contributed by atoms with Crippen LogP contribution in [0.5, 0.6) is 0 Å². The highest BCUT2D eigenvalue weighted by atomic mass is 35.5. The van der Waals surface area contributed by atoms with E-state index in [9.17, 15) is 9.90 Å². The van der Waals surface area contributed by atoms with Crippen LogP contribution in [0.25, 0.3) is 11.0 Å². The summed E-state index contributed by atoms with van der Waals surface area (Å²) in [6, 6.07) is 12.6. The lowest BCUT2D eigenvalue weighted by molar-refractivity contribution is -0.125. The van der Waals surface area contributed by atoms with E-state index in [1.54, 1.807) is 12.1 Å². The van der Waals surface area contributed by atoms with Gasteiger partial charge in [0.15, 0.2) is 0 Å². The molecule has 0 saturated carbocycles. The smallest absolute Gasteiger partial charge is 0.237 e. The molecule has 1 aliphatic rings. The fraction of sp³-hybridized carbons (Fsp3) is 0.300. The number of imidazole rings is 1. The summed E-state index contributed by atoms with van der Waals surface area (Å²) in [7, 11) is 0. The van der Waals surface area contributed by atoms with Crippen LogP contribution in [0, 0.1) is 0 Å². The zero-order valence-electron chi connectivity index (χ0n) is 15.0. The summed E-state index contributed by atoms with van der Waals surface area (Å²) in [5.74, 6) is 0.558. The van der Waals surface area contributed by atoms with Crippen molar-refractivity contribution in [3.05, 3.63) is 63.9 Å². The minimum atomic E-state index is -0.548. The molecule has 0 spiro atoms. The molecule has 0 bridgehead atoms. The Labute approximate surface area is 172 Å². The second kappa shape index (κ2) is 8.09. The van der Waals surface area contributed by atoms with Gasteiger partial charge in [-0.05, 0) is 36.2 Å². The second-order valence-electron chi connectivity index (χ2n) is 6.99. The Bertz CT molecular complexity index is 974. The third kappa shape index (κ3) is 4.15. The maximum atomic E-state index is 12.8. The number of aromatic amines is 1. The number of amides is 1. The molecule has 1 amide bonds. The number of fused-ring (bicyclic) bond motifs is 1. The van der Waals surface area contributed by atoms with Gasteiger partial charge in [-0.1, -0.05) is 41.4 Å². The molecule has 2 heterocycles. The van der Waals surface area contributed by atoms with Crippen LogP contribution in [0.3, 0.4) is 0 Å². The third-order valence-electron chi connectivity index (χ3n) is 4.94. The molecule has 3 aromatic rings. The van der Waals surface area contributed by atoms with E-state index in [-0.39, 0.29) is 5.91 Å². The number of benzene rings is 2. The number of aliphatic hydroxyl groups excluding tert-OH is 1. The number of aliphatic hydroxyl groups is 1. The summed E-state index contributed by atoms with van der Waals surface area (Å²) < 4.78 is 0. The molecule has 1 unspecified atom stereocenters. The number of β-amino-alcohol motifs (C(OH)–C–C–N with tert-alkyl or cyclic N) is 1. The van der Waals surface area contributed by atoms with Crippen LogP contribution < -0.4 is 5.32 Å². The number of nitrogens with one attached hydrogen (secondary N) is 2. The number of para-hydroxylation sites is 2. The number of hydrogen-bond donors (Lipinski definition) is 3. The predicted molar refractivity (Wildman–Crippen MR) is 109 cm³/mol. The first-order valence-electron chi connectivity index (χ1n) is 9.07. The molecule has 146 valence electrons. The maximum absolute atomic E-state index is 12.8. The number of halogens is 2. The summed E-state index contributed by atoms with van der Waals surface area (Å²) in [6.07, 6.45) is -0.162. The monoisotopic (exact) mass is 418 g/mol. The standard InChI is InChI=1S/C20H20Cl2N4O2/c21-13-6-5-12(15(22)7-13)10-26-11-14(27)8-18(26)20(28)23-9-19-24-16-3-1-2-4-17(16)25-19/h1-7,14,18,27H,8-11H2,(H,23,28)(H,24,25)/t14-,18?/m0/s1. The summed E-state index contributed by atoms with van der Waals surface area (Å²) in [6.45, 7) is 1.19. The van der Waals surface area contributed by atoms with Crippen LogP contribution in [-0.4, -0.2) is 44.6 Å². The summed E-state index contributed by atoms with van der Waals surface area (Å²) in [4.78, 5) is 22.4. The molecular formula is C20H20Cl2N4O2. The number of carbonyl (C=O) groups excluding carboxylic acids is 1. The Morgan fingerprint density at radius 2 is 2.11 bits per heavy atom. The van der Waals surface area contributed by atoms with Gasteiger partial charge in [0.05, 0.1) is 29.7 Å². The first-order chi connectivity index (χ1) is 13.5. The van der Waals surface area contributed by atoms with Crippen LogP contribution in [-0.2, 0) is 17.9 Å². The minimum Gasteiger partial charge on any atom is -0.392 e. The van der Waals surface area contributed by atoms with Crippen molar-refractivity contribution in [2.45, 2.75) is 31.7 Å². The highest BCUT2D eigenvalue weighted by Gasteiger charge is 2.36. The third-order valence-corrected chi connectivity index (χ3v) is 5.53. The van der Waals surface area contributed by atoms with Crippen molar-refractivity contribution in [2.24, 2.45) is 0 Å². The highest BCUT2D eigenvalue weighted by Crippen LogP contribution is 2.26. The normalized spacial score (nSPS) is 20.0. The number of likely N-dealkylation sites (tertiary alicyclic amines) is 1. The van der Waals surface area contributed by atoms with E-state index >= 15 is 0 Å². The average molecular weight is 419 g/mol. The quantitative estimate of drug-likeness (QED) is 0.594. The fourth-order valence-electron chi connectivity index (χ4n) is 3.57. The zero-order chi connectivity index (χ0) is 19.7. The van der Waals surface area contributed by atoms with Gasteiger partial charge in [0, 0.05) is 23.1 Å². The molecular weight excluding hydrogens is 399 g/mol. The molecule has 1 saturated heterocycles. The SMILES string of the molecule is O=C(NCc1nc2ccccc2[nH]1)C1C[C@H](O)CN1Cc1ccc(Cl)cc1Cl. The first kappa shape index (κ1) is 19.2. The molecule has 0 radical (unpaired) electrons. The van der Waals surface area contributed by atoms with Gasteiger partial charge in [-0.25, -0.2) is 4.98 Å². The van der Waals surface area contributed by atoms with Gasteiger partial charge in [-0.15, -0.1) is 0 Å². The lowest BCUT2D eigenvalue weighted by Gasteiger charge is -2.23. The Morgan fingerprint density at radius 3 is 2.89 bits per heavy atom. The molecule has 1 fully saturated rings. The van der Waals surface area contributed by atoms with Gasteiger partial charge in [-0.2, -0.15) is 0 Å². The van der Waals surface area contributed by atoms with Crippen molar-refractivity contribution < 1.29 is 9.90 Å². The van der Waals surface area contributed by atoms with E-state index in [2.05, 4.69) is 15.3 Å².